The Morgan fingerprint density at radius 1 is 1.15 bits per heavy atom. The van der Waals surface area contributed by atoms with Crippen molar-refractivity contribution in [3.05, 3.63) is 34.9 Å². The first-order valence-electron chi connectivity index (χ1n) is 9.54. The third-order valence-corrected chi connectivity index (χ3v) is 5.83. The third-order valence-electron chi connectivity index (χ3n) is 5.83. The number of nitrogens with zero attached hydrogens (tertiary/aromatic N) is 1. The fourth-order valence-electron chi connectivity index (χ4n) is 3.94. The molecule has 152 valence electrons. The highest BCUT2D eigenvalue weighted by Crippen LogP contribution is 2.33. The lowest BCUT2D eigenvalue weighted by Gasteiger charge is -2.40. The topological polar surface area (TPSA) is 82.4 Å². The van der Waals surface area contributed by atoms with Gasteiger partial charge in [0.05, 0.1) is 6.10 Å². The van der Waals surface area contributed by atoms with E-state index in [-0.39, 0.29) is 0 Å². The molecule has 2 aliphatic heterocycles. The van der Waals surface area contributed by atoms with Crippen LogP contribution < -0.4 is 0 Å². The van der Waals surface area contributed by atoms with Crippen molar-refractivity contribution in [3.63, 3.8) is 0 Å². The normalized spacial score (nSPS) is 33.3. The van der Waals surface area contributed by atoms with E-state index in [0.717, 1.165) is 43.6 Å². The van der Waals surface area contributed by atoms with Gasteiger partial charge in [0.2, 0.25) is 0 Å². The van der Waals surface area contributed by atoms with Crippen molar-refractivity contribution in [2.45, 2.75) is 62.9 Å². The highest BCUT2D eigenvalue weighted by Gasteiger charge is 2.44. The maximum Gasteiger partial charge on any atom is 0.118 e. The van der Waals surface area contributed by atoms with E-state index < -0.39 is 37.2 Å². The summed E-state index contributed by atoms with van der Waals surface area (Å²) in [6.07, 6.45) is -3.88. The van der Waals surface area contributed by atoms with E-state index in [0.29, 0.717) is 11.7 Å². The Kier molecular flexibility index (Phi) is 6.83. The Labute approximate surface area is 159 Å². The first-order valence-corrected chi connectivity index (χ1v) is 9.54. The van der Waals surface area contributed by atoms with Crippen molar-refractivity contribution in [1.29, 1.82) is 0 Å². The molecule has 0 aliphatic carbocycles. The number of benzene rings is 1. The molecule has 0 amide bonds. The van der Waals surface area contributed by atoms with Crippen LogP contribution in [-0.4, -0.2) is 77.6 Å². The molecule has 27 heavy (non-hydrogen) atoms. The van der Waals surface area contributed by atoms with Gasteiger partial charge < -0.3 is 24.8 Å². The molecule has 3 N–H and O–H groups in total. The van der Waals surface area contributed by atoms with Crippen LogP contribution >= 0.6 is 0 Å². The number of piperidine rings is 1. The van der Waals surface area contributed by atoms with Gasteiger partial charge in [-0.15, -0.1) is 0 Å². The molecular formula is C20H30FNO5. The Balaban J connectivity index is 1.74. The van der Waals surface area contributed by atoms with E-state index in [1.54, 1.807) is 7.11 Å². The van der Waals surface area contributed by atoms with Crippen LogP contribution in [-0.2, 0) is 16.0 Å². The fraction of sp³-hybridized carbons (Fsp3) is 0.700. The molecule has 0 radical (unpaired) electrons. The zero-order valence-electron chi connectivity index (χ0n) is 15.9. The predicted octanol–water partition coefficient (Wildman–Crippen LogP) is 1.10. The molecule has 1 aromatic rings. The molecule has 0 unspecified atom stereocenters. The Morgan fingerprint density at radius 2 is 1.85 bits per heavy atom. The average Bonchev–Trinajstić information content (AvgIpc) is 2.69. The third kappa shape index (κ3) is 4.50. The molecule has 0 saturated carbocycles. The maximum absolute atomic E-state index is 13.1. The Hall–Kier alpha value is -1.09. The number of hydrogen-bond acceptors (Lipinski definition) is 6. The van der Waals surface area contributed by atoms with Crippen LogP contribution in [0.5, 0.6) is 0 Å². The van der Waals surface area contributed by atoms with Crippen LogP contribution in [0.1, 0.15) is 35.6 Å². The molecular weight excluding hydrogens is 353 g/mol. The maximum atomic E-state index is 13.1. The zero-order chi connectivity index (χ0) is 19.6. The zero-order valence-corrected chi connectivity index (χ0v) is 15.9. The fourth-order valence-corrected chi connectivity index (χ4v) is 3.94. The van der Waals surface area contributed by atoms with E-state index in [1.807, 2.05) is 25.1 Å². The van der Waals surface area contributed by atoms with Gasteiger partial charge in [-0.1, -0.05) is 18.2 Å². The number of rotatable bonds is 5. The van der Waals surface area contributed by atoms with Crippen molar-refractivity contribution in [3.8, 4) is 0 Å². The number of methoxy groups -OCH3 is 1. The monoisotopic (exact) mass is 383 g/mol. The summed E-state index contributed by atoms with van der Waals surface area (Å²) in [7, 11) is 1.75. The second kappa shape index (κ2) is 8.94. The van der Waals surface area contributed by atoms with Gasteiger partial charge in [-0.2, -0.15) is 0 Å². The number of alkyl halides is 1. The Morgan fingerprint density at radius 3 is 2.48 bits per heavy atom. The molecule has 3 rings (SSSR count). The number of aliphatic hydroxyl groups is 3. The number of aliphatic hydroxyl groups excluding tert-OH is 3. The van der Waals surface area contributed by atoms with E-state index >= 15 is 0 Å². The van der Waals surface area contributed by atoms with Crippen LogP contribution in [0.3, 0.4) is 0 Å². The molecule has 5 atom stereocenters. The number of aryl methyl sites for hydroxylation is 1. The van der Waals surface area contributed by atoms with Crippen LogP contribution in [0.4, 0.5) is 4.39 Å². The summed E-state index contributed by atoms with van der Waals surface area (Å²) in [5, 5.41) is 30.2. The highest BCUT2D eigenvalue weighted by molar-refractivity contribution is 5.33. The number of likely N-dealkylation sites (tertiary alicyclic amines) is 1. The summed E-state index contributed by atoms with van der Waals surface area (Å²) in [5.74, 6) is 0. The molecule has 0 bridgehead atoms. The second-order valence-electron chi connectivity index (χ2n) is 7.62. The van der Waals surface area contributed by atoms with Gasteiger partial charge in [0, 0.05) is 26.7 Å². The van der Waals surface area contributed by atoms with Crippen molar-refractivity contribution >= 4 is 0 Å². The predicted molar refractivity (Wildman–Crippen MR) is 98.1 cm³/mol. The molecule has 6 nitrogen and oxygen atoms in total. The summed E-state index contributed by atoms with van der Waals surface area (Å²) < 4.78 is 24.1. The lowest BCUT2D eigenvalue weighted by molar-refractivity contribution is -0.227. The molecule has 2 heterocycles. The molecule has 2 aliphatic rings. The standard InChI is InChI=1S/C20H30FNO5/c1-12-3-4-13(20-19(25)18(24)17(23)16(10-21)27-20)9-14(12)11-22-7-5-15(26-2)6-8-22/h3-4,9,15-20,23-25H,5-8,10-11H2,1-2H3/t16-,17-,18+,19-,20+/m1/s1. The van der Waals surface area contributed by atoms with Crippen molar-refractivity contribution in [1.82, 2.24) is 4.90 Å². The van der Waals surface area contributed by atoms with Gasteiger partial charge in [-0.05, 0) is 36.5 Å². The lowest BCUT2D eigenvalue weighted by Crippen LogP contribution is -2.54. The molecule has 2 fully saturated rings. The van der Waals surface area contributed by atoms with Crippen LogP contribution in [0.2, 0.25) is 0 Å². The van der Waals surface area contributed by atoms with Gasteiger partial charge in [-0.25, -0.2) is 4.39 Å². The Bertz CT molecular complexity index is 620. The minimum atomic E-state index is -1.44. The first-order chi connectivity index (χ1) is 12.9. The molecule has 0 aromatic heterocycles. The van der Waals surface area contributed by atoms with Crippen molar-refractivity contribution in [2.75, 3.05) is 26.9 Å². The molecule has 0 spiro atoms. The number of ether oxygens (including phenoxy) is 2. The SMILES string of the molecule is COC1CCN(Cc2cc([C@@H]3O[C@H](CF)[C@@H](O)[C@H](O)[C@H]3O)ccc2C)CC1. The van der Waals surface area contributed by atoms with E-state index in [2.05, 4.69) is 4.90 Å². The number of halogens is 1. The molecule has 7 heteroatoms. The van der Waals surface area contributed by atoms with Crippen LogP contribution in [0, 0.1) is 6.92 Å². The highest BCUT2D eigenvalue weighted by atomic mass is 19.1. The van der Waals surface area contributed by atoms with E-state index in [9.17, 15) is 19.7 Å². The van der Waals surface area contributed by atoms with Crippen molar-refractivity contribution in [2.24, 2.45) is 0 Å². The largest absolute Gasteiger partial charge is 0.387 e. The summed E-state index contributed by atoms with van der Waals surface area (Å²) in [4.78, 5) is 2.36. The smallest absolute Gasteiger partial charge is 0.118 e. The van der Waals surface area contributed by atoms with Gasteiger partial charge in [-0.3, -0.25) is 4.90 Å². The lowest BCUT2D eigenvalue weighted by atomic mass is 9.90. The van der Waals surface area contributed by atoms with Gasteiger partial charge in [0.25, 0.3) is 0 Å². The summed E-state index contributed by atoms with van der Waals surface area (Å²) in [6, 6.07) is 5.72. The number of hydrogen-bond donors (Lipinski definition) is 3. The quantitative estimate of drug-likeness (QED) is 0.706. The van der Waals surface area contributed by atoms with E-state index in [1.165, 1.54) is 0 Å². The average molecular weight is 383 g/mol. The van der Waals surface area contributed by atoms with Crippen LogP contribution in [0.15, 0.2) is 18.2 Å². The minimum absolute atomic E-state index is 0.324. The van der Waals surface area contributed by atoms with Crippen LogP contribution in [0.25, 0.3) is 0 Å². The molecule has 1 aromatic carbocycles. The minimum Gasteiger partial charge on any atom is -0.387 e. The summed E-state index contributed by atoms with van der Waals surface area (Å²) in [6.45, 7) is 3.80. The summed E-state index contributed by atoms with van der Waals surface area (Å²) >= 11 is 0. The van der Waals surface area contributed by atoms with E-state index in [4.69, 9.17) is 9.47 Å². The van der Waals surface area contributed by atoms with Crippen molar-refractivity contribution < 1.29 is 29.2 Å². The molecule has 2 saturated heterocycles. The second-order valence-corrected chi connectivity index (χ2v) is 7.62. The first kappa shape index (κ1) is 20.6. The van der Waals surface area contributed by atoms with Gasteiger partial charge in [0.1, 0.15) is 37.2 Å². The van der Waals surface area contributed by atoms with Gasteiger partial charge >= 0.3 is 0 Å². The summed E-state index contributed by atoms with van der Waals surface area (Å²) in [5.41, 5.74) is 2.91. The van der Waals surface area contributed by atoms with Gasteiger partial charge in [0.15, 0.2) is 0 Å².